The highest BCUT2D eigenvalue weighted by Crippen LogP contribution is 2.19. The van der Waals surface area contributed by atoms with E-state index in [-0.39, 0.29) is 0 Å². The number of pyridine rings is 1. The van der Waals surface area contributed by atoms with E-state index in [1.54, 1.807) is 0 Å². The fourth-order valence-corrected chi connectivity index (χ4v) is 2.97. The smallest absolute Gasteiger partial charge is 0.0708 e. The predicted octanol–water partition coefficient (Wildman–Crippen LogP) is 4.46. The van der Waals surface area contributed by atoms with Crippen LogP contribution in [0.5, 0.6) is 0 Å². The SMILES string of the molecule is CCC(CC)C(C)NCc1cc(C)nc2ccccc12. The second kappa shape index (κ2) is 6.85. The van der Waals surface area contributed by atoms with Gasteiger partial charge in [0.2, 0.25) is 0 Å². The minimum Gasteiger partial charge on any atom is -0.310 e. The lowest BCUT2D eigenvalue weighted by molar-refractivity contribution is 0.353. The molecule has 0 fully saturated rings. The van der Waals surface area contributed by atoms with Crippen LogP contribution in [-0.2, 0) is 6.54 Å². The molecule has 108 valence electrons. The summed E-state index contributed by atoms with van der Waals surface area (Å²) in [5, 5.41) is 4.96. The summed E-state index contributed by atoms with van der Waals surface area (Å²) < 4.78 is 0. The van der Waals surface area contributed by atoms with Gasteiger partial charge in [0.05, 0.1) is 5.52 Å². The van der Waals surface area contributed by atoms with Crippen molar-refractivity contribution in [2.45, 2.75) is 53.1 Å². The molecule has 1 aromatic heterocycles. The molecule has 20 heavy (non-hydrogen) atoms. The Kier molecular flexibility index (Phi) is 5.13. The lowest BCUT2D eigenvalue weighted by Crippen LogP contribution is -2.32. The largest absolute Gasteiger partial charge is 0.310 e. The average Bonchev–Trinajstić information content (AvgIpc) is 2.45. The molecule has 0 radical (unpaired) electrons. The molecule has 0 amide bonds. The van der Waals surface area contributed by atoms with Gasteiger partial charge in [0.25, 0.3) is 0 Å². The third-order valence-electron chi connectivity index (χ3n) is 4.30. The number of aryl methyl sites for hydroxylation is 1. The third kappa shape index (κ3) is 3.37. The van der Waals surface area contributed by atoms with Gasteiger partial charge in [0, 0.05) is 23.7 Å². The van der Waals surface area contributed by atoms with Crippen molar-refractivity contribution in [3.05, 3.63) is 41.6 Å². The highest BCUT2D eigenvalue weighted by Gasteiger charge is 2.13. The Morgan fingerprint density at radius 1 is 1.15 bits per heavy atom. The maximum absolute atomic E-state index is 4.60. The summed E-state index contributed by atoms with van der Waals surface area (Å²) in [6.07, 6.45) is 2.47. The lowest BCUT2D eigenvalue weighted by Gasteiger charge is -2.23. The minimum absolute atomic E-state index is 0.553. The van der Waals surface area contributed by atoms with Gasteiger partial charge < -0.3 is 5.32 Å². The molecule has 0 saturated carbocycles. The second-order valence-electron chi connectivity index (χ2n) is 5.69. The summed E-state index contributed by atoms with van der Waals surface area (Å²) in [5.74, 6) is 0.754. The number of nitrogens with zero attached hydrogens (tertiary/aromatic N) is 1. The van der Waals surface area contributed by atoms with Gasteiger partial charge in [0.15, 0.2) is 0 Å². The van der Waals surface area contributed by atoms with Crippen LogP contribution in [0.15, 0.2) is 30.3 Å². The van der Waals surface area contributed by atoms with Crippen molar-refractivity contribution in [3.8, 4) is 0 Å². The summed E-state index contributed by atoms with van der Waals surface area (Å²) in [6.45, 7) is 9.84. The Morgan fingerprint density at radius 3 is 2.55 bits per heavy atom. The first-order valence-electron chi connectivity index (χ1n) is 7.74. The van der Waals surface area contributed by atoms with Gasteiger partial charge in [-0.05, 0) is 37.5 Å². The molecular formula is C18H26N2. The van der Waals surface area contributed by atoms with Crippen molar-refractivity contribution in [3.63, 3.8) is 0 Å². The molecule has 0 bridgehead atoms. The highest BCUT2D eigenvalue weighted by atomic mass is 14.9. The number of aromatic nitrogens is 1. The zero-order valence-electron chi connectivity index (χ0n) is 13.1. The molecule has 2 heteroatoms. The molecule has 0 aliphatic heterocycles. The number of benzene rings is 1. The Balaban J connectivity index is 2.17. The van der Waals surface area contributed by atoms with Crippen LogP contribution in [0.3, 0.4) is 0 Å². The number of hydrogen-bond donors (Lipinski definition) is 1. The quantitative estimate of drug-likeness (QED) is 0.838. The maximum atomic E-state index is 4.60. The Morgan fingerprint density at radius 2 is 1.85 bits per heavy atom. The summed E-state index contributed by atoms with van der Waals surface area (Å²) >= 11 is 0. The van der Waals surface area contributed by atoms with E-state index in [9.17, 15) is 0 Å². The van der Waals surface area contributed by atoms with Crippen LogP contribution in [-0.4, -0.2) is 11.0 Å². The normalized spacial score (nSPS) is 13.1. The van der Waals surface area contributed by atoms with Crippen LogP contribution < -0.4 is 5.32 Å². The summed E-state index contributed by atoms with van der Waals surface area (Å²) in [5.41, 5.74) is 3.54. The second-order valence-corrected chi connectivity index (χ2v) is 5.69. The number of hydrogen-bond acceptors (Lipinski definition) is 2. The van der Waals surface area contributed by atoms with E-state index in [2.05, 4.69) is 68.3 Å². The van der Waals surface area contributed by atoms with Crippen molar-refractivity contribution in [1.82, 2.24) is 10.3 Å². The minimum atomic E-state index is 0.553. The molecule has 0 aliphatic carbocycles. The summed E-state index contributed by atoms with van der Waals surface area (Å²) in [6, 6.07) is 11.2. The van der Waals surface area contributed by atoms with Gasteiger partial charge in [-0.3, -0.25) is 4.98 Å². The van der Waals surface area contributed by atoms with Gasteiger partial charge in [-0.15, -0.1) is 0 Å². The zero-order valence-corrected chi connectivity index (χ0v) is 13.1. The molecule has 0 spiro atoms. The van der Waals surface area contributed by atoms with E-state index in [1.807, 2.05) is 0 Å². The molecule has 2 rings (SSSR count). The van der Waals surface area contributed by atoms with E-state index in [1.165, 1.54) is 23.8 Å². The van der Waals surface area contributed by atoms with Crippen LogP contribution in [0.1, 0.15) is 44.9 Å². The molecule has 0 saturated heterocycles. The first kappa shape index (κ1) is 15.0. The van der Waals surface area contributed by atoms with E-state index in [4.69, 9.17) is 0 Å². The Bertz CT molecular complexity index is 558. The number of nitrogens with one attached hydrogen (secondary N) is 1. The monoisotopic (exact) mass is 270 g/mol. The molecule has 1 aromatic carbocycles. The van der Waals surface area contributed by atoms with E-state index < -0.39 is 0 Å². The van der Waals surface area contributed by atoms with Crippen LogP contribution in [0.25, 0.3) is 10.9 Å². The lowest BCUT2D eigenvalue weighted by atomic mass is 9.95. The van der Waals surface area contributed by atoms with Crippen molar-refractivity contribution in [1.29, 1.82) is 0 Å². The van der Waals surface area contributed by atoms with E-state index in [0.717, 1.165) is 23.7 Å². The Hall–Kier alpha value is -1.41. The third-order valence-corrected chi connectivity index (χ3v) is 4.30. The van der Waals surface area contributed by atoms with Crippen molar-refractivity contribution >= 4 is 10.9 Å². The molecule has 1 heterocycles. The van der Waals surface area contributed by atoms with Crippen molar-refractivity contribution in [2.75, 3.05) is 0 Å². The van der Waals surface area contributed by atoms with Crippen molar-refractivity contribution in [2.24, 2.45) is 5.92 Å². The van der Waals surface area contributed by atoms with Gasteiger partial charge >= 0.3 is 0 Å². The first-order chi connectivity index (χ1) is 9.65. The topological polar surface area (TPSA) is 24.9 Å². The Labute approximate surface area is 122 Å². The van der Waals surface area contributed by atoms with Crippen LogP contribution in [0.4, 0.5) is 0 Å². The van der Waals surface area contributed by atoms with Gasteiger partial charge in [-0.25, -0.2) is 0 Å². The zero-order chi connectivity index (χ0) is 14.5. The maximum Gasteiger partial charge on any atom is 0.0708 e. The molecule has 1 N–H and O–H groups in total. The molecule has 1 unspecified atom stereocenters. The summed E-state index contributed by atoms with van der Waals surface area (Å²) in [4.78, 5) is 4.60. The first-order valence-corrected chi connectivity index (χ1v) is 7.74. The van der Waals surface area contributed by atoms with Gasteiger partial charge in [-0.1, -0.05) is 44.9 Å². The predicted molar refractivity (Wildman–Crippen MR) is 86.9 cm³/mol. The molecule has 2 nitrogen and oxygen atoms in total. The van der Waals surface area contributed by atoms with E-state index in [0.29, 0.717) is 6.04 Å². The number of rotatable bonds is 6. The average molecular weight is 270 g/mol. The van der Waals surface area contributed by atoms with Gasteiger partial charge in [-0.2, -0.15) is 0 Å². The highest BCUT2D eigenvalue weighted by molar-refractivity contribution is 5.82. The number of para-hydroxylation sites is 1. The van der Waals surface area contributed by atoms with E-state index >= 15 is 0 Å². The fraction of sp³-hybridized carbons (Fsp3) is 0.500. The summed E-state index contributed by atoms with van der Waals surface area (Å²) in [7, 11) is 0. The molecular weight excluding hydrogens is 244 g/mol. The molecule has 0 aliphatic rings. The van der Waals surface area contributed by atoms with Crippen LogP contribution in [0.2, 0.25) is 0 Å². The van der Waals surface area contributed by atoms with Gasteiger partial charge in [0.1, 0.15) is 0 Å². The molecule has 2 aromatic rings. The standard InChI is InChI=1S/C18H26N2/c1-5-15(6-2)14(4)19-12-16-11-13(3)20-18-10-8-7-9-17(16)18/h7-11,14-15,19H,5-6,12H2,1-4H3. The van der Waals surface area contributed by atoms with Crippen LogP contribution in [0, 0.1) is 12.8 Å². The number of fused-ring (bicyclic) bond motifs is 1. The molecule has 1 atom stereocenters. The van der Waals surface area contributed by atoms with Crippen molar-refractivity contribution < 1.29 is 0 Å². The van der Waals surface area contributed by atoms with Crippen LogP contribution >= 0.6 is 0 Å². The fourth-order valence-electron chi connectivity index (χ4n) is 2.97.